The van der Waals surface area contributed by atoms with E-state index in [0.717, 1.165) is 12.2 Å². The number of benzene rings is 3. The van der Waals surface area contributed by atoms with Crippen molar-refractivity contribution in [1.29, 1.82) is 0 Å². The largest absolute Gasteiger partial charge is 0.399 e. The molecule has 0 aromatic heterocycles. The maximum atomic E-state index is 6.10. The Balaban J connectivity index is 1.30. The van der Waals surface area contributed by atoms with Gasteiger partial charge in [-0.25, -0.2) is 0 Å². The molecule has 2 fully saturated rings. The second-order valence-electron chi connectivity index (χ2n) is 8.94. The Labute approximate surface area is 174 Å². The summed E-state index contributed by atoms with van der Waals surface area (Å²) in [5.74, 6) is 0. The number of likely N-dealkylation sites (tertiary alicyclic amines) is 1. The van der Waals surface area contributed by atoms with Gasteiger partial charge in [0.05, 0.1) is 0 Å². The number of nitrogens with two attached hydrogens (primary N) is 1. The first-order chi connectivity index (χ1) is 14.2. The highest BCUT2D eigenvalue weighted by Gasteiger charge is 2.43. The lowest BCUT2D eigenvalue weighted by Gasteiger charge is -2.51. The van der Waals surface area contributed by atoms with Crippen LogP contribution in [0, 0.1) is 0 Å². The van der Waals surface area contributed by atoms with Crippen molar-refractivity contribution < 1.29 is 0 Å². The fraction of sp³-hybridized carbons (Fsp3) is 0.333. The van der Waals surface area contributed by atoms with Crippen LogP contribution in [0.1, 0.15) is 43.2 Å². The number of nitrogens with zero attached hydrogens (tertiary/aromatic N) is 1. The van der Waals surface area contributed by atoms with Crippen LogP contribution in [-0.4, -0.2) is 17.5 Å². The number of anilines is 1. The second-order valence-corrected chi connectivity index (χ2v) is 8.94. The fourth-order valence-corrected chi connectivity index (χ4v) is 5.56. The van der Waals surface area contributed by atoms with Gasteiger partial charge >= 0.3 is 0 Å². The normalized spacial score (nSPS) is 24.3. The summed E-state index contributed by atoms with van der Waals surface area (Å²) in [6.07, 6.45) is 6.48. The van der Waals surface area contributed by atoms with Crippen molar-refractivity contribution in [3.63, 3.8) is 0 Å². The lowest BCUT2D eigenvalue weighted by Crippen LogP contribution is -2.51. The molecule has 2 unspecified atom stereocenters. The Kier molecular flexibility index (Phi) is 4.89. The van der Waals surface area contributed by atoms with Crippen LogP contribution in [0.5, 0.6) is 0 Å². The number of hydrogen-bond donors (Lipinski definition) is 1. The molecular formula is C27H30N2. The number of fused-ring (bicyclic) bond motifs is 2. The Hall–Kier alpha value is -2.58. The molecule has 0 amide bonds. The van der Waals surface area contributed by atoms with Crippen molar-refractivity contribution in [2.45, 2.75) is 50.1 Å². The lowest BCUT2D eigenvalue weighted by atomic mass is 9.63. The van der Waals surface area contributed by atoms with Gasteiger partial charge < -0.3 is 5.73 Å². The van der Waals surface area contributed by atoms with Gasteiger partial charge in [0, 0.05) is 18.3 Å². The Bertz CT molecular complexity index is 963. The van der Waals surface area contributed by atoms with Gasteiger partial charge in [-0.3, -0.25) is 4.90 Å². The van der Waals surface area contributed by atoms with Crippen molar-refractivity contribution in [2.75, 3.05) is 12.3 Å². The SMILES string of the molecule is Nc1cccc(C23CCCC(C2)N(Cc2ccc(-c4ccccc4)cc2)CC3)c1. The van der Waals surface area contributed by atoms with Gasteiger partial charge in [-0.05, 0) is 72.0 Å². The molecule has 1 aliphatic carbocycles. The van der Waals surface area contributed by atoms with Crippen LogP contribution in [0.15, 0.2) is 78.9 Å². The van der Waals surface area contributed by atoms with Crippen molar-refractivity contribution in [3.8, 4) is 11.1 Å². The predicted molar refractivity (Wildman–Crippen MR) is 122 cm³/mol. The van der Waals surface area contributed by atoms with Gasteiger partial charge in [0.2, 0.25) is 0 Å². The molecule has 1 aliphatic heterocycles. The number of nitrogen functional groups attached to an aromatic ring is 1. The van der Waals surface area contributed by atoms with Crippen molar-refractivity contribution in [2.24, 2.45) is 0 Å². The molecule has 1 heterocycles. The molecule has 2 N–H and O–H groups in total. The zero-order valence-corrected chi connectivity index (χ0v) is 17.1. The molecule has 1 saturated heterocycles. The number of hydrogen-bond acceptors (Lipinski definition) is 2. The first kappa shape index (κ1) is 18.4. The van der Waals surface area contributed by atoms with E-state index in [9.17, 15) is 0 Å². The molecule has 2 atom stereocenters. The average molecular weight is 383 g/mol. The van der Waals surface area contributed by atoms with E-state index in [1.54, 1.807) is 0 Å². The average Bonchev–Trinajstić information content (AvgIpc) is 2.77. The van der Waals surface area contributed by atoms with Crippen molar-refractivity contribution in [1.82, 2.24) is 4.90 Å². The maximum Gasteiger partial charge on any atom is 0.0316 e. The summed E-state index contributed by atoms with van der Waals surface area (Å²) in [4.78, 5) is 2.72. The van der Waals surface area contributed by atoms with Gasteiger partial charge in [0.15, 0.2) is 0 Å². The van der Waals surface area contributed by atoms with E-state index in [1.165, 1.54) is 60.9 Å². The Morgan fingerprint density at radius 1 is 0.862 bits per heavy atom. The summed E-state index contributed by atoms with van der Waals surface area (Å²) in [5, 5.41) is 0. The first-order valence-corrected chi connectivity index (χ1v) is 11.0. The molecule has 2 bridgehead atoms. The van der Waals surface area contributed by atoms with Crippen molar-refractivity contribution in [3.05, 3.63) is 90.0 Å². The van der Waals surface area contributed by atoms with Crippen LogP contribution in [0.2, 0.25) is 0 Å². The van der Waals surface area contributed by atoms with E-state index in [2.05, 4.69) is 77.7 Å². The molecule has 2 heteroatoms. The third-order valence-corrected chi connectivity index (χ3v) is 7.16. The van der Waals surface area contributed by atoms with E-state index in [0.29, 0.717) is 11.5 Å². The standard InChI is InChI=1S/C27H30N2/c28-25-9-4-8-24(18-25)27-15-5-10-26(19-27)29(17-16-27)20-21-11-13-23(14-12-21)22-6-2-1-3-7-22/h1-4,6-9,11-14,18,26H,5,10,15-17,19-20,28H2. The van der Waals surface area contributed by atoms with Crippen LogP contribution in [0.25, 0.3) is 11.1 Å². The molecule has 3 aromatic carbocycles. The highest BCUT2D eigenvalue weighted by Crippen LogP contribution is 2.47. The van der Waals surface area contributed by atoms with Crippen LogP contribution >= 0.6 is 0 Å². The fourth-order valence-electron chi connectivity index (χ4n) is 5.56. The molecule has 2 aliphatic rings. The van der Waals surface area contributed by atoms with Gasteiger partial charge in [0.25, 0.3) is 0 Å². The predicted octanol–water partition coefficient (Wildman–Crippen LogP) is 6.02. The number of rotatable bonds is 4. The zero-order chi connectivity index (χ0) is 19.7. The quantitative estimate of drug-likeness (QED) is 0.559. The lowest BCUT2D eigenvalue weighted by molar-refractivity contribution is 0.0459. The molecule has 29 heavy (non-hydrogen) atoms. The summed E-state index contributed by atoms with van der Waals surface area (Å²) in [6.45, 7) is 2.24. The third-order valence-electron chi connectivity index (χ3n) is 7.16. The van der Waals surface area contributed by atoms with Crippen LogP contribution in [-0.2, 0) is 12.0 Å². The van der Waals surface area contributed by atoms with Crippen LogP contribution in [0.4, 0.5) is 5.69 Å². The molecule has 1 saturated carbocycles. The molecule has 3 aromatic rings. The minimum atomic E-state index is 0.339. The number of piperidine rings is 1. The summed E-state index contributed by atoms with van der Waals surface area (Å²) in [6, 6.07) is 29.1. The van der Waals surface area contributed by atoms with E-state index >= 15 is 0 Å². The van der Waals surface area contributed by atoms with Gasteiger partial charge in [-0.15, -0.1) is 0 Å². The summed E-state index contributed by atoms with van der Waals surface area (Å²) in [7, 11) is 0. The molecule has 0 spiro atoms. The second kappa shape index (κ2) is 7.68. The smallest absolute Gasteiger partial charge is 0.0316 e. The van der Waals surface area contributed by atoms with E-state index in [4.69, 9.17) is 5.73 Å². The minimum Gasteiger partial charge on any atom is -0.399 e. The Morgan fingerprint density at radius 2 is 1.66 bits per heavy atom. The highest BCUT2D eigenvalue weighted by atomic mass is 15.2. The maximum absolute atomic E-state index is 6.10. The topological polar surface area (TPSA) is 29.3 Å². The van der Waals surface area contributed by atoms with Crippen LogP contribution < -0.4 is 5.73 Å². The molecule has 2 nitrogen and oxygen atoms in total. The molecule has 5 rings (SSSR count). The van der Waals surface area contributed by atoms with E-state index < -0.39 is 0 Å². The van der Waals surface area contributed by atoms with E-state index in [1.807, 2.05) is 6.07 Å². The molecule has 0 radical (unpaired) electrons. The summed E-state index contributed by atoms with van der Waals surface area (Å²) < 4.78 is 0. The molecule has 148 valence electrons. The minimum absolute atomic E-state index is 0.339. The van der Waals surface area contributed by atoms with Crippen molar-refractivity contribution >= 4 is 5.69 Å². The Morgan fingerprint density at radius 3 is 2.45 bits per heavy atom. The molecular weight excluding hydrogens is 352 g/mol. The van der Waals surface area contributed by atoms with Gasteiger partial charge in [-0.1, -0.05) is 73.2 Å². The zero-order valence-electron chi connectivity index (χ0n) is 17.1. The monoisotopic (exact) mass is 382 g/mol. The van der Waals surface area contributed by atoms with Gasteiger partial charge in [0.1, 0.15) is 0 Å². The van der Waals surface area contributed by atoms with Crippen LogP contribution in [0.3, 0.4) is 0 Å². The van der Waals surface area contributed by atoms with Gasteiger partial charge in [-0.2, -0.15) is 0 Å². The summed E-state index contributed by atoms with van der Waals surface area (Å²) in [5.41, 5.74) is 12.8. The van der Waals surface area contributed by atoms with E-state index in [-0.39, 0.29) is 0 Å². The highest BCUT2D eigenvalue weighted by molar-refractivity contribution is 5.63. The summed E-state index contributed by atoms with van der Waals surface area (Å²) >= 11 is 0. The third kappa shape index (κ3) is 3.70. The first-order valence-electron chi connectivity index (χ1n) is 11.0.